The van der Waals surface area contributed by atoms with Crippen molar-refractivity contribution in [1.82, 2.24) is 9.97 Å². The highest BCUT2D eigenvalue weighted by Crippen LogP contribution is 2.25. The van der Waals surface area contributed by atoms with Crippen molar-refractivity contribution in [3.8, 4) is 0 Å². The number of nitrogens with zero attached hydrogens (tertiary/aromatic N) is 1. The van der Waals surface area contributed by atoms with E-state index in [0.29, 0.717) is 5.03 Å². The van der Waals surface area contributed by atoms with Gasteiger partial charge >= 0.3 is 0 Å². The third-order valence-corrected chi connectivity index (χ3v) is 2.87. The molecule has 1 aromatic carbocycles. The minimum atomic E-state index is 0.710. The summed E-state index contributed by atoms with van der Waals surface area (Å²) in [5.74, 6) is 0.812. The van der Waals surface area contributed by atoms with Gasteiger partial charge in [0.1, 0.15) is 5.82 Å². The Bertz CT molecular complexity index is 531. The number of halogens is 1. The molecule has 1 aromatic heterocycles. The molecule has 0 amide bonds. The molecular formula is C13H13ClN2. The average Bonchev–Trinajstić information content (AvgIpc) is 2.72. The summed E-state index contributed by atoms with van der Waals surface area (Å²) in [6.07, 6.45) is 3.82. The van der Waals surface area contributed by atoms with Gasteiger partial charge in [-0.15, -0.1) is 0 Å². The Hall–Kier alpha value is -1.54. The highest BCUT2D eigenvalue weighted by Gasteiger charge is 2.09. The normalized spacial score (nSPS) is 13.4. The molecule has 0 fully saturated rings. The first-order valence-electron chi connectivity index (χ1n) is 5.20. The van der Waals surface area contributed by atoms with Crippen molar-refractivity contribution < 1.29 is 0 Å². The number of imidazole rings is 1. The molecule has 3 heteroatoms. The van der Waals surface area contributed by atoms with Crippen LogP contribution in [0.4, 0.5) is 0 Å². The molecule has 16 heavy (non-hydrogen) atoms. The maximum atomic E-state index is 6.13. The summed E-state index contributed by atoms with van der Waals surface area (Å²) in [5, 5.41) is 0.710. The van der Waals surface area contributed by atoms with E-state index in [9.17, 15) is 0 Å². The van der Waals surface area contributed by atoms with Crippen molar-refractivity contribution >= 4 is 28.2 Å². The van der Waals surface area contributed by atoms with E-state index in [0.717, 1.165) is 22.4 Å². The van der Waals surface area contributed by atoms with Gasteiger partial charge in [0.05, 0.1) is 11.0 Å². The standard InChI is InChI=1S/C13H13ClN2/c1-3-9(10(14)4-2)13-15-11-7-5-6-8-12(11)16-13/h3-8H,1-2H3,(H,15,16)/b9-3+,10-4?. The van der Waals surface area contributed by atoms with Crippen molar-refractivity contribution in [1.29, 1.82) is 0 Å². The SMILES string of the molecule is CC=C(Cl)/C(=C\C)c1nc2ccccc2[nH]1. The van der Waals surface area contributed by atoms with Crippen LogP contribution in [0.1, 0.15) is 19.7 Å². The molecule has 0 unspecified atom stereocenters. The van der Waals surface area contributed by atoms with E-state index < -0.39 is 0 Å². The second-order valence-corrected chi connectivity index (χ2v) is 3.85. The van der Waals surface area contributed by atoms with Crippen LogP contribution in [0.25, 0.3) is 16.6 Å². The lowest BCUT2D eigenvalue weighted by atomic mass is 10.2. The molecule has 0 bridgehead atoms. The molecule has 0 saturated heterocycles. The van der Waals surface area contributed by atoms with Crippen LogP contribution < -0.4 is 0 Å². The van der Waals surface area contributed by atoms with Gasteiger partial charge in [0.15, 0.2) is 0 Å². The van der Waals surface area contributed by atoms with E-state index in [-0.39, 0.29) is 0 Å². The summed E-state index contributed by atoms with van der Waals surface area (Å²) in [7, 11) is 0. The van der Waals surface area contributed by atoms with E-state index in [2.05, 4.69) is 9.97 Å². The summed E-state index contributed by atoms with van der Waals surface area (Å²) in [6, 6.07) is 7.94. The van der Waals surface area contributed by atoms with Crippen molar-refractivity contribution in [2.45, 2.75) is 13.8 Å². The topological polar surface area (TPSA) is 28.7 Å². The molecule has 82 valence electrons. The van der Waals surface area contributed by atoms with Gasteiger partial charge in [-0.2, -0.15) is 0 Å². The predicted octanol–water partition coefficient (Wildman–Crippen LogP) is 4.11. The van der Waals surface area contributed by atoms with E-state index in [4.69, 9.17) is 11.6 Å². The Balaban J connectivity index is 2.55. The number of allylic oxidation sites excluding steroid dienone is 4. The molecule has 0 aliphatic rings. The molecule has 2 aromatic rings. The molecule has 0 saturated carbocycles. The third kappa shape index (κ3) is 1.89. The van der Waals surface area contributed by atoms with Gasteiger partial charge in [-0.1, -0.05) is 35.9 Å². The summed E-state index contributed by atoms with van der Waals surface area (Å²) in [5.41, 5.74) is 2.91. The first-order chi connectivity index (χ1) is 7.76. The molecule has 0 aliphatic heterocycles. The lowest BCUT2D eigenvalue weighted by Gasteiger charge is -2.00. The maximum absolute atomic E-state index is 6.13. The van der Waals surface area contributed by atoms with Crippen molar-refractivity contribution in [3.05, 3.63) is 47.3 Å². The molecule has 1 heterocycles. The van der Waals surface area contributed by atoms with Crippen molar-refractivity contribution in [2.24, 2.45) is 0 Å². The molecule has 0 atom stereocenters. The molecule has 0 aliphatic carbocycles. The monoisotopic (exact) mass is 232 g/mol. The Morgan fingerprint density at radius 1 is 1.25 bits per heavy atom. The minimum absolute atomic E-state index is 0.710. The fourth-order valence-electron chi connectivity index (χ4n) is 1.62. The van der Waals surface area contributed by atoms with Crippen molar-refractivity contribution in [3.63, 3.8) is 0 Å². The van der Waals surface area contributed by atoms with Gasteiger partial charge in [-0.25, -0.2) is 4.98 Å². The first kappa shape index (κ1) is 11.0. The lowest BCUT2D eigenvalue weighted by molar-refractivity contribution is 1.26. The molecule has 2 rings (SSSR count). The quantitative estimate of drug-likeness (QED) is 0.776. The highest BCUT2D eigenvalue weighted by molar-refractivity contribution is 6.36. The third-order valence-electron chi connectivity index (χ3n) is 2.44. The molecule has 0 spiro atoms. The Labute approximate surface area is 99.7 Å². The van der Waals surface area contributed by atoms with Crippen LogP contribution in [-0.2, 0) is 0 Å². The number of hydrogen-bond acceptors (Lipinski definition) is 1. The molecule has 0 radical (unpaired) electrons. The number of aromatic nitrogens is 2. The van der Waals surface area contributed by atoms with Gasteiger partial charge in [-0.3, -0.25) is 0 Å². The van der Waals surface area contributed by atoms with Crippen LogP contribution in [-0.4, -0.2) is 9.97 Å². The smallest absolute Gasteiger partial charge is 0.139 e. The fourth-order valence-corrected chi connectivity index (χ4v) is 1.82. The zero-order valence-corrected chi connectivity index (χ0v) is 10.0. The number of aromatic amines is 1. The summed E-state index contributed by atoms with van der Waals surface area (Å²) >= 11 is 6.13. The van der Waals surface area contributed by atoms with Gasteiger partial charge in [0.25, 0.3) is 0 Å². The second kappa shape index (κ2) is 4.54. The van der Waals surface area contributed by atoms with Crippen LogP contribution in [0.3, 0.4) is 0 Å². The van der Waals surface area contributed by atoms with Crippen LogP contribution in [0.5, 0.6) is 0 Å². The van der Waals surface area contributed by atoms with Gasteiger partial charge < -0.3 is 4.98 Å². The number of rotatable bonds is 2. The number of benzene rings is 1. The predicted molar refractivity (Wildman–Crippen MR) is 69.4 cm³/mol. The Morgan fingerprint density at radius 3 is 2.62 bits per heavy atom. The Morgan fingerprint density at radius 2 is 2.00 bits per heavy atom. The number of nitrogens with one attached hydrogen (secondary N) is 1. The number of fused-ring (bicyclic) bond motifs is 1. The lowest BCUT2D eigenvalue weighted by Crippen LogP contribution is -1.87. The van der Waals surface area contributed by atoms with Crippen LogP contribution in [0.2, 0.25) is 0 Å². The minimum Gasteiger partial charge on any atom is -0.338 e. The van der Waals surface area contributed by atoms with Crippen molar-refractivity contribution in [2.75, 3.05) is 0 Å². The van der Waals surface area contributed by atoms with Crippen LogP contribution >= 0.6 is 11.6 Å². The number of H-pyrrole nitrogens is 1. The fraction of sp³-hybridized carbons (Fsp3) is 0.154. The molecule has 2 nitrogen and oxygen atoms in total. The van der Waals surface area contributed by atoms with E-state index in [1.807, 2.05) is 50.3 Å². The van der Waals surface area contributed by atoms with E-state index in [1.165, 1.54) is 0 Å². The summed E-state index contributed by atoms with van der Waals surface area (Å²) in [6.45, 7) is 3.86. The summed E-state index contributed by atoms with van der Waals surface area (Å²) < 4.78 is 0. The van der Waals surface area contributed by atoms with Gasteiger partial charge in [0, 0.05) is 10.6 Å². The van der Waals surface area contributed by atoms with Gasteiger partial charge in [0.2, 0.25) is 0 Å². The van der Waals surface area contributed by atoms with E-state index in [1.54, 1.807) is 0 Å². The van der Waals surface area contributed by atoms with Crippen LogP contribution in [0, 0.1) is 0 Å². The Kier molecular flexibility index (Phi) is 3.11. The number of hydrogen-bond donors (Lipinski definition) is 1. The van der Waals surface area contributed by atoms with E-state index >= 15 is 0 Å². The second-order valence-electron chi connectivity index (χ2n) is 3.44. The largest absolute Gasteiger partial charge is 0.338 e. The summed E-state index contributed by atoms with van der Waals surface area (Å²) in [4.78, 5) is 7.76. The van der Waals surface area contributed by atoms with Crippen LogP contribution in [0.15, 0.2) is 41.4 Å². The maximum Gasteiger partial charge on any atom is 0.139 e. The zero-order chi connectivity index (χ0) is 11.5. The van der Waals surface area contributed by atoms with Gasteiger partial charge in [-0.05, 0) is 26.0 Å². The zero-order valence-electron chi connectivity index (χ0n) is 9.29. The number of para-hydroxylation sites is 2. The molecule has 1 N–H and O–H groups in total. The average molecular weight is 233 g/mol. The highest BCUT2D eigenvalue weighted by atomic mass is 35.5. The molecular weight excluding hydrogens is 220 g/mol. The first-order valence-corrected chi connectivity index (χ1v) is 5.57.